The van der Waals surface area contributed by atoms with Gasteiger partial charge in [-0.15, -0.1) is 0 Å². The van der Waals surface area contributed by atoms with Gasteiger partial charge in [-0.2, -0.15) is 0 Å². The summed E-state index contributed by atoms with van der Waals surface area (Å²) in [5, 5.41) is 3.62. The Labute approximate surface area is 124 Å². The Hall–Kier alpha value is -1.02. The van der Waals surface area contributed by atoms with E-state index in [0.29, 0.717) is 11.5 Å². The lowest BCUT2D eigenvalue weighted by Gasteiger charge is -2.31. The fraction of sp³-hybridized carbons (Fsp3) is 0.667. The number of benzene rings is 1. The lowest BCUT2D eigenvalue weighted by molar-refractivity contribution is 0.254. The van der Waals surface area contributed by atoms with E-state index in [4.69, 9.17) is 4.74 Å². The number of ether oxygens (including phenoxy) is 1. The van der Waals surface area contributed by atoms with Gasteiger partial charge in [0.2, 0.25) is 0 Å². The third-order valence-corrected chi connectivity index (χ3v) is 3.87. The zero-order valence-corrected chi connectivity index (χ0v) is 14.0. The normalized spacial score (nSPS) is 13.3. The van der Waals surface area contributed by atoms with E-state index < -0.39 is 0 Å². The second-order valence-electron chi connectivity index (χ2n) is 6.68. The van der Waals surface area contributed by atoms with Crippen LogP contribution in [0.3, 0.4) is 0 Å². The number of aryl methyl sites for hydroxylation is 2. The van der Waals surface area contributed by atoms with Crippen molar-refractivity contribution in [3.05, 3.63) is 29.3 Å². The molecule has 0 aromatic heterocycles. The van der Waals surface area contributed by atoms with Crippen molar-refractivity contribution in [1.29, 1.82) is 0 Å². The van der Waals surface area contributed by atoms with Gasteiger partial charge in [-0.25, -0.2) is 0 Å². The van der Waals surface area contributed by atoms with Crippen LogP contribution in [0.1, 0.15) is 51.7 Å². The maximum atomic E-state index is 5.46. The molecule has 0 heterocycles. The molecule has 0 spiro atoms. The predicted octanol–water partition coefficient (Wildman–Crippen LogP) is 4.35. The molecule has 0 saturated carbocycles. The lowest BCUT2D eigenvalue weighted by Crippen LogP contribution is -2.40. The molecule has 0 radical (unpaired) electrons. The molecule has 1 aromatic carbocycles. The molecule has 20 heavy (non-hydrogen) atoms. The third kappa shape index (κ3) is 5.16. The maximum Gasteiger partial charge on any atom is 0.122 e. The highest BCUT2D eigenvalue weighted by Crippen LogP contribution is 2.26. The van der Waals surface area contributed by atoms with Crippen molar-refractivity contribution >= 4 is 0 Å². The molecule has 0 bridgehead atoms. The first-order chi connectivity index (χ1) is 9.38. The third-order valence-electron chi connectivity index (χ3n) is 3.87. The number of hydrogen-bond donors (Lipinski definition) is 1. The lowest BCUT2D eigenvalue weighted by atomic mass is 9.83. The largest absolute Gasteiger partial charge is 0.496 e. The quantitative estimate of drug-likeness (QED) is 0.800. The van der Waals surface area contributed by atoms with E-state index >= 15 is 0 Å². The molecular formula is C18H31NO. The molecule has 0 aliphatic carbocycles. The molecule has 2 nitrogen and oxygen atoms in total. The first-order valence-corrected chi connectivity index (χ1v) is 7.75. The van der Waals surface area contributed by atoms with E-state index in [9.17, 15) is 0 Å². The Morgan fingerprint density at radius 3 is 2.50 bits per heavy atom. The minimum absolute atomic E-state index is 0.312. The maximum absolute atomic E-state index is 5.46. The molecule has 2 heteroatoms. The highest BCUT2D eigenvalue weighted by atomic mass is 16.5. The summed E-state index contributed by atoms with van der Waals surface area (Å²) in [4.78, 5) is 0. The van der Waals surface area contributed by atoms with Crippen LogP contribution >= 0.6 is 0 Å². The van der Waals surface area contributed by atoms with E-state index in [-0.39, 0.29) is 0 Å². The summed E-state index contributed by atoms with van der Waals surface area (Å²) in [5.74, 6) is 1.02. The smallest absolute Gasteiger partial charge is 0.122 e. The standard InChI is InChI=1S/C18H31NO/c1-7-19-17(18(3,4)5)10-8-9-15-13-14(2)11-12-16(15)20-6/h11-13,17,19H,7-10H2,1-6H3. The average Bonchev–Trinajstić information content (AvgIpc) is 2.37. The van der Waals surface area contributed by atoms with Crippen molar-refractivity contribution < 1.29 is 4.74 Å². The first kappa shape index (κ1) is 17.0. The molecule has 0 aliphatic rings. The topological polar surface area (TPSA) is 21.3 Å². The van der Waals surface area contributed by atoms with Gasteiger partial charge in [-0.3, -0.25) is 0 Å². The summed E-state index contributed by atoms with van der Waals surface area (Å²) in [6, 6.07) is 7.01. The molecule has 1 atom stereocenters. The van der Waals surface area contributed by atoms with Crippen molar-refractivity contribution in [3.63, 3.8) is 0 Å². The van der Waals surface area contributed by atoms with Crippen LogP contribution in [0.5, 0.6) is 5.75 Å². The molecule has 1 aromatic rings. The zero-order chi connectivity index (χ0) is 15.2. The SMILES string of the molecule is CCNC(CCCc1cc(C)ccc1OC)C(C)(C)C. The van der Waals surface area contributed by atoms with Crippen LogP contribution < -0.4 is 10.1 Å². The van der Waals surface area contributed by atoms with E-state index in [0.717, 1.165) is 18.7 Å². The Bertz CT molecular complexity index is 406. The molecule has 0 amide bonds. The highest BCUT2D eigenvalue weighted by Gasteiger charge is 2.23. The van der Waals surface area contributed by atoms with Gasteiger partial charge >= 0.3 is 0 Å². The van der Waals surface area contributed by atoms with Crippen molar-refractivity contribution in [1.82, 2.24) is 5.32 Å². The van der Waals surface area contributed by atoms with Crippen LogP contribution in [0, 0.1) is 12.3 Å². The van der Waals surface area contributed by atoms with Gasteiger partial charge in [-0.05, 0) is 49.8 Å². The van der Waals surface area contributed by atoms with Crippen molar-refractivity contribution in [2.45, 2.75) is 59.9 Å². The summed E-state index contributed by atoms with van der Waals surface area (Å²) in [6.45, 7) is 12.3. The fourth-order valence-corrected chi connectivity index (χ4v) is 2.69. The number of hydrogen-bond acceptors (Lipinski definition) is 2. The van der Waals surface area contributed by atoms with Gasteiger partial charge in [0, 0.05) is 6.04 Å². The summed E-state index contributed by atoms with van der Waals surface area (Å²) in [6.07, 6.45) is 3.48. The molecule has 0 saturated heterocycles. The van der Waals surface area contributed by atoms with Gasteiger partial charge in [0.25, 0.3) is 0 Å². The van der Waals surface area contributed by atoms with Gasteiger partial charge in [0.1, 0.15) is 5.75 Å². The van der Waals surface area contributed by atoms with Crippen LogP contribution in [-0.4, -0.2) is 19.7 Å². The van der Waals surface area contributed by atoms with Gasteiger partial charge in [0.15, 0.2) is 0 Å². The minimum Gasteiger partial charge on any atom is -0.496 e. The second kappa shape index (κ2) is 7.68. The van der Waals surface area contributed by atoms with Crippen LogP contribution in [0.4, 0.5) is 0 Å². The number of methoxy groups -OCH3 is 1. The van der Waals surface area contributed by atoms with Crippen LogP contribution in [0.25, 0.3) is 0 Å². The molecule has 1 N–H and O–H groups in total. The Balaban J connectivity index is 2.60. The molecule has 1 unspecified atom stereocenters. The molecule has 114 valence electrons. The summed E-state index contributed by atoms with van der Waals surface area (Å²) in [5.41, 5.74) is 2.95. The van der Waals surface area contributed by atoms with E-state index in [1.807, 2.05) is 0 Å². The minimum atomic E-state index is 0.312. The summed E-state index contributed by atoms with van der Waals surface area (Å²) >= 11 is 0. The monoisotopic (exact) mass is 277 g/mol. The van der Waals surface area contributed by atoms with Crippen molar-refractivity contribution in [2.24, 2.45) is 5.41 Å². The zero-order valence-electron chi connectivity index (χ0n) is 14.0. The predicted molar refractivity (Wildman–Crippen MR) is 87.6 cm³/mol. The van der Waals surface area contributed by atoms with Crippen LogP contribution in [0.2, 0.25) is 0 Å². The summed E-state index contributed by atoms with van der Waals surface area (Å²) in [7, 11) is 1.75. The Morgan fingerprint density at radius 2 is 1.95 bits per heavy atom. The summed E-state index contributed by atoms with van der Waals surface area (Å²) < 4.78 is 5.46. The molecule has 0 aliphatic heterocycles. The molecule has 0 fully saturated rings. The Kier molecular flexibility index (Phi) is 6.54. The first-order valence-electron chi connectivity index (χ1n) is 7.75. The van der Waals surface area contributed by atoms with Crippen LogP contribution in [0.15, 0.2) is 18.2 Å². The van der Waals surface area contributed by atoms with Gasteiger partial charge < -0.3 is 10.1 Å². The fourth-order valence-electron chi connectivity index (χ4n) is 2.69. The van der Waals surface area contributed by atoms with Gasteiger partial charge in [0.05, 0.1) is 7.11 Å². The molecular weight excluding hydrogens is 246 g/mol. The molecule has 1 rings (SSSR count). The number of nitrogens with one attached hydrogen (secondary N) is 1. The van der Waals surface area contributed by atoms with E-state index in [2.05, 4.69) is 58.1 Å². The number of rotatable bonds is 7. The Morgan fingerprint density at radius 1 is 1.25 bits per heavy atom. The van der Waals surface area contributed by atoms with Crippen LogP contribution in [-0.2, 0) is 6.42 Å². The average molecular weight is 277 g/mol. The van der Waals surface area contributed by atoms with Gasteiger partial charge in [-0.1, -0.05) is 45.4 Å². The van der Waals surface area contributed by atoms with E-state index in [1.165, 1.54) is 24.0 Å². The van der Waals surface area contributed by atoms with E-state index in [1.54, 1.807) is 7.11 Å². The van der Waals surface area contributed by atoms with Crippen molar-refractivity contribution in [2.75, 3.05) is 13.7 Å². The highest BCUT2D eigenvalue weighted by molar-refractivity contribution is 5.36. The second-order valence-corrected chi connectivity index (χ2v) is 6.68. The van der Waals surface area contributed by atoms with Crippen molar-refractivity contribution in [3.8, 4) is 5.75 Å².